The highest BCUT2D eigenvalue weighted by Crippen LogP contribution is 2.32. The summed E-state index contributed by atoms with van der Waals surface area (Å²) in [4.78, 5) is 23.0. The predicted molar refractivity (Wildman–Crippen MR) is 156 cm³/mol. The van der Waals surface area contributed by atoms with E-state index in [1.54, 1.807) is 33.5 Å². The molecule has 2 saturated heterocycles. The number of hydrogen-bond donors (Lipinski definition) is 0. The van der Waals surface area contributed by atoms with E-state index in [1.807, 2.05) is 0 Å². The predicted octanol–water partition coefficient (Wildman–Crippen LogP) is 4.85. The third-order valence-corrected chi connectivity index (χ3v) is 10.7. The highest BCUT2D eigenvalue weighted by molar-refractivity contribution is 7.89. The van der Waals surface area contributed by atoms with Crippen molar-refractivity contribution >= 4 is 42.6 Å². The second-order valence-corrected chi connectivity index (χ2v) is 13.5. The van der Waals surface area contributed by atoms with Gasteiger partial charge in [-0.3, -0.25) is 14.6 Å². The molecule has 0 spiro atoms. The van der Waals surface area contributed by atoms with Crippen molar-refractivity contribution in [2.24, 2.45) is 0 Å². The van der Waals surface area contributed by atoms with Gasteiger partial charge in [0, 0.05) is 44.8 Å². The number of benzene rings is 2. The number of anilines is 1. The minimum atomic E-state index is -3.57. The molecule has 210 valence electrons. The number of aryl methyl sites for hydroxylation is 2. The molecule has 0 aliphatic carbocycles. The van der Waals surface area contributed by atoms with Crippen molar-refractivity contribution in [3.8, 4) is 0 Å². The Hall–Kier alpha value is -2.37. The van der Waals surface area contributed by atoms with Crippen LogP contribution in [0.3, 0.4) is 0 Å². The van der Waals surface area contributed by atoms with Gasteiger partial charge in [0.15, 0.2) is 5.13 Å². The largest absolute Gasteiger partial charge is 0.379 e. The van der Waals surface area contributed by atoms with E-state index < -0.39 is 10.0 Å². The molecule has 8 nitrogen and oxygen atoms in total. The minimum Gasteiger partial charge on any atom is -0.379 e. The maximum atomic E-state index is 13.8. The maximum Gasteiger partial charge on any atom is 0.260 e. The monoisotopic (exact) mass is 570 g/mol. The second kappa shape index (κ2) is 12.4. The molecule has 5 rings (SSSR count). The van der Waals surface area contributed by atoms with Crippen molar-refractivity contribution in [1.29, 1.82) is 0 Å². The van der Waals surface area contributed by atoms with E-state index in [-0.39, 0.29) is 10.8 Å². The van der Waals surface area contributed by atoms with Gasteiger partial charge >= 0.3 is 0 Å². The van der Waals surface area contributed by atoms with Crippen LogP contribution >= 0.6 is 11.3 Å². The zero-order valence-electron chi connectivity index (χ0n) is 22.9. The average Bonchev–Trinajstić information content (AvgIpc) is 3.14. The van der Waals surface area contributed by atoms with Crippen LogP contribution in [-0.4, -0.2) is 81.0 Å². The number of hydrogen-bond acceptors (Lipinski definition) is 7. The Bertz CT molecular complexity index is 1350. The van der Waals surface area contributed by atoms with Crippen LogP contribution in [0, 0.1) is 13.8 Å². The van der Waals surface area contributed by atoms with Crippen LogP contribution in [-0.2, 0) is 14.8 Å². The Labute approximate surface area is 235 Å². The normalized spacial score (nSPS) is 17.8. The summed E-state index contributed by atoms with van der Waals surface area (Å²) < 4.78 is 34.6. The van der Waals surface area contributed by atoms with E-state index in [4.69, 9.17) is 9.72 Å². The first-order valence-electron chi connectivity index (χ1n) is 13.9. The maximum absolute atomic E-state index is 13.8. The number of rotatable bonds is 8. The zero-order valence-corrected chi connectivity index (χ0v) is 24.5. The average molecular weight is 571 g/mol. The Morgan fingerprint density at radius 1 is 0.974 bits per heavy atom. The van der Waals surface area contributed by atoms with Gasteiger partial charge in [0.1, 0.15) is 0 Å². The molecular formula is C29H38N4O4S2. The van der Waals surface area contributed by atoms with Crippen LogP contribution in [0.1, 0.15) is 53.6 Å². The molecule has 2 aliphatic heterocycles. The van der Waals surface area contributed by atoms with Crippen molar-refractivity contribution in [2.75, 3.05) is 57.4 Å². The van der Waals surface area contributed by atoms with Crippen molar-refractivity contribution in [3.05, 3.63) is 53.1 Å². The molecule has 0 atom stereocenters. The molecule has 39 heavy (non-hydrogen) atoms. The van der Waals surface area contributed by atoms with E-state index in [0.717, 1.165) is 75.2 Å². The van der Waals surface area contributed by atoms with Crippen molar-refractivity contribution in [1.82, 2.24) is 14.2 Å². The third-order valence-electron chi connectivity index (χ3n) is 7.73. The summed E-state index contributed by atoms with van der Waals surface area (Å²) in [5.74, 6) is -0.164. The third kappa shape index (κ3) is 6.52. The number of aromatic nitrogens is 1. The number of ether oxygens (including phenoxy) is 1. The van der Waals surface area contributed by atoms with Gasteiger partial charge in [-0.05, 0) is 80.6 Å². The number of carbonyl (C=O) groups excluding carboxylic acids is 1. The lowest BCUT2D eigenvalue weighted by Gasteiger charge is -2.27. The molecule has 0 unspecified atom stereocenters. The van der Waals surface area contributed by atoms with Gasteiger partial charge in [0.2, 0.25) is 10.0 Å². The van der Waals surface area contributed by atoms with Gasteiger partial charge in [-0.2, -0.15) is 4.31 Å². The van der Waals surface area contributed by atoms with Crippen LogP contribution in [0.25, 0.3) is 10.2 Å². The number of sulfonamides is 1. The summed E-state index contributed by atoms with van der Waals surface area (Å²) in [6.07, 6.45) is 4.70. The Kier molecular flexibility index (Phi) is 8.98. The van der Waals surface area contributed by atoms with E-state index >= 15 is 0 Å². The smallest absolute Gasteiger partial charge is 0.260 e. The highest BCUT2D eigenvalue weighted by Gasteiger charge is 2.27. The van der Waals surface area contributed by atoms with Crippen LogP contribution in [0.4, 0.5) is 5.13 Å². The lowest BCUT2D eigenvalue weighted by atomic mass is 10.1. The van der Waals surface area contributed by atoms with Crippen LogP contribution < -0.4 is 4.90 Å². The number of thiazole rings is 1. The fraction of sp³-hybridized carbons (Fsp3) is 0.517. The molecule has 2 fully saturated rings. The molecule has 1 aromatic heterocycles. The molecule has 0 bridgehead atoms. The number of amides is 1. The summed E-state index contributed by atoms with van der Waals surface area (Å²) in [5, 5.41) is 0.670. The Morgan fingerprint density at radius 2 is 1.64 bits per heavy atom. The molecule has 0 N–H and O–H groups in total. The van der Waals surface area contributed by atoms with Gasteiger partial charge in [0.25, 0.3) is 5.91 Å². The molecule has 3 aromatic rings. The molecule has 0 radical (unpaired) electrons. The number of fused-ring (bicyclic) bond motifs is 1. The van der Waals surface area contributed by atoms with Gasteiger partial charge in [-0.1, -0.05) is 24.2 Å². The van der Waals surface area contributed by atoms with Gasteiger partial charge in [-0.25, -0.2) is 13.4 Å². The topological polar surface area (TPSA) is 83.0 Å². The van der Waals surface area contributed by atoms with Crippen molar-refractivity contribution in [2.45, 2.75) is 50.8 Å². The summed E-state index contributed by atoms with van der Waals surface area (Å²) >= 11 is 1.52. The van der Waals surface area contributed by atoms with Gasteiger partial charge < -0.3 is 4.74 Å². The Balaban J connectivity index is 1.38. The molecule has 3 heterocycles. The lowest BCUT2D eigenvalue weighted by Crippen LogP contribution is -2.39. The lowest BCUT2D eigenvalue weighted by molar-refractivity contribution is 0.0376. The first kappa shape index (κ1) is 28.2. The first-order valence-corrected chi connectivity index (χ1v) is 16.2. The van der Waals surface area contributed by atoms with E-state index in [1.165, 1.54) is 22.5 Å². The van der Waals surface area contributed by atoms with Crippen molar-refractivity contribution < 1.29 is 17.9 Å². The Morgan fingerprint density at radius 3 is 2.33 bits per heavy atom. The van der Waals surface area contributed by atoms with Crippen LogP contribution in [0.5, 0.6) is 0 Å². The number of carbonyl (C=O) groups is 1. The standard InChI is InChI=1S/C29H38N4O4S2/c1-22-20-26-27(21-23(22)2)38-29(30-26)33(15-7-12-31-16-18-37-19-17-31)28(34)24-8-10-25(11-9-24)39(35,36)32-13-5-3-4-6-14-32/h8-11,20-21H,3-7,12-19H2,1-2H3. The zero-order chi connectivity index (χ0) is 27.4. The minimum absolute atomic E-state index is 0.164. The fourth-order valence-corrected chi connectivity index (χ4v) is 7.79. The molecular weight excluding hydrogens is 532 g/mol. The van der Waals surface area contributed by atoms with E-state index in [9.17, 15) is 13.2 Å². The molecule has 1 amide bonds. The SMILES string of the molecule is Cc1cc2nc(N(CCCN3CCOCC3)C(=O)c3ccc(S(=O)(=O)N4CCCCCC4)cc3)sc2cc1C. The molecule has 10 heteroatoms. The fourth-order valence-electron chi connectivity index (χ4n) is 5.20. The van der Waals surface area contributed by atoms with E-state index in [0.29, 0.717) is 30.3 Å². The summed E-state index contributed by atoms with van der Waals surface area (Å²) in [6, 6.07) is 10.6. The van der Waals surface area contributed by atoms with Gasteiger partial charge in [0.05, 0.1) is 28.3 Å². The highest BCUT2D eigenvalue weighted by atomic mass is 32.2. The van der Waals surface area contributed by atoms with Crippen LogP contribution in [0.15, 0.2) is 41.3 Å². The quantitative estimate of drug-likeness (QED) is 0.385. The molecule has 0 saturated carbocycles. The number of morpholine rings is 1. The van der Waals surface area contributed by atoms with E-state index in [2.05, 4.69) is 30.9 Å². The van der Waals surface area contributed by atoms with Gasteiger partial charge in [-0.15, -0.1) is 0 Å². The summed E-state index contributed by atoms with van der Waals surface area (Å²) in [6.45, 7) is 9.96. The number of nitrogens with zero attached hydrogens (tertiary/aromatic N) is 4. The van der Waals surface area contributed by atoms with Crippen molar-refractivity contribution in [3.63, 3.8) is 0 Å². The first-order chi connectivity index (χ1) is 18.8. The summed E-state index contributed by atoms with van der Waals surface area (Å²) in [5.41, 5.74) is 3.72. The van der Waals surface area contributed by atoms with Crippen LogP contribution in [0.2, 0.25) is 0 Å². The molecule has 2 aliphatic rings. The molecule has 2 aromatic carbocycles. The summed E-state index contributed by atoms with van der Waals surface area (Å²) in [7, 11) is -3.57. The second-order valence-electron chi connectivity index (χ2n) is 10.5.